The Balaban J connectivity index is 2.03. The summed E-state index contributed by atoms with van der Waals surface area (Å²) in [5.74, 6) is 0.338. The SMILES string of the molecule is Cc1ccc(Cl)cc1NC(=O)C=Cc1ccc(C(C)C)cc1. The Labute approximate surface area is 136 Å². The molecule has 0 aliphatic rings. The molecule has 0 spiro atoms. The van der Waals surface area contributed by atoms with Gasteiger partial charge < -0.3 is 5.32 Å². The number of rotatable bonds is 4. The summed E-state index contributed by atoms with van der Waals surface area (Å²) in [6.07, 6.45) is 3.34. The van der Waals surface area contributed by atoms with E-state index in [4.69, 9.17) is 11.6 Å². The van der Waals surface area contributed by atoms with E-state index in [1.54, 1.807) is 18.2 Å². The number of aryl methyl sites for hydroxylation is 1. The standard InChI is InChI=1S/C19H20ClNO/c1-13(2)16-8-5-15(6-9-16)7-11-19(22)21-18-12-17(20)10-4-14(18)3/h4-13H,1-3H3,(H,21,22). The fraction of sp³-hybridized carbons (Fsp3) is 0.211. The minimum Gasteiger partial charge on any atom is -0.322 e. The van der Waals surface area contributed by atoms with Crippen molar-refractivity contribution in [2.75, 3.05) is 5.32 Å². The van der Waals surface area contributed by atoms with Crippen LogP contribution in [0.3, 0.4) is 0 Å². The van der Waals surface area contributed by atoms with Gasteiger partial charge in [0.2, 0.25) is 5.91 Å². The van der Waals surface area contributed by atoms with Crippen LogP contribution in [0.5, 0.6) is 0 Å². The van der Waals surface area contributed by atoms with Gasteiger partial charge in [-0.15, -0.1) is 0 Å². The molecule has 0 aliphatic carbocycles. The van der Waals surface area contributed by atoms with Crippen LogP contribution in [-0.4, -0.2) is 5.91 Å². The molecule has 114 valence electrons. The van der Waals surface area contributed by atoms with Gasteiger partial charge in [-0.05, 0) is 47.7 Å². The van der Waals surface area contributed by atoms with Crippen molar-refractivity contribution in [1.82, 2.24) is 0 Å². The molecule has 1 N–H and O–H groups in total. The third kappa shape index (κ3) is 4.47. The van der Waals surface area contributed by atoms with E-state index in [-0.39, 0.29) is 5.91 Å². The highest BCUT2D eigenvalue weighted by atomic mass is 35.5. The quantitative estimate of drug-likeness (QED) is 0.750. The number of benzene rings is 2. The van der Waals surface area contributed by atoms with Gasteiger partial charge in [0.05, 0.1) is 0 Å². The number of hydrogen-bond acceptors (Lipinski definition) is 1. The minimum absolute atomic E-state index is 0.168. The zero-order valence-corrected chi connectivity index (χ0v) is 13.8. The lowest BCUT2D eigenvalue weighted by Gasteiger charge is -2.07. The number of carbonyl (C=O) groups excluding carboxylic acids is 1. The zero-order chi connectivity index (χ0) is 16.1. The highest BCUT2D eigenvalue weighted by Gasteiger charge is 2.03. The highest BCUT2D eigenvalue weighted by molar-refractivity contribution is 6.31. The molecule has 0 unspecified atom stereocenters. The summed E-state index contributed by atoms with van der Waals surface area (Å²) >= 11 is 5.94. The maximum absolute atomic E-state index is 12.0. The van der Waals surface area contributed by atoms with Crippen LogP contribution >= 0.6 is 11.6 Å². The second kappa shape index (κ2) is 7.28. The van der Waals surface area contributed by atoms with Gasteiger partial charge in [-0.3, -0.25) is 4.79 Å². The van der Waals surface area contributed by atoms with E-state index in [1.165, 1.54) is 11.6 Å². The van der Waals surface area contributed by atoms with Crippen LogP contribution in [-0.2, 0) is 4.79 Å². The molecule has 1 amide bonds. The van der Waals surface area contributed by atoms with Crippen molar-refractivity contribution in [3.05, 3.63) is 70.3 Å². The van der Waals surface area contributed by atoms with Crippen molar-refractivity contribution in [3.63, 3.8) is 0 Å². The van der Waals surface area contributed by atoms with Crippen LogP contribution in [0.4, 0.5) is 5.69 Å². The Hall–Kier alpha value is -2.06. The van der Waals surface area contributed by atoms with E-state index in [1.807, 2.05) is 25.1 Å². The third-order valence-electron chi connectivity index (χ3n) is 3.49. The molecule has 2 nitrogen and oxygen atoms in total. The first-order chi connectivity index (χ1) is 10.5. The van der Waals surface area contributed by atoms with Crippen LogP contribution < -0.4 is 5.32 Å². The third-order valence-corrected chi connectivity index (χ3v) is 3.72. The lowest BCUT2D eigenvalue weighted by atomic mass is 10.0. The Morgan fingerprint density at radius 1 is 1.14 bits per heavy atom. The summed E-state index contributed by atoms with van der Waals surface area (Å²) in [6.45, 7) is 6.25. The molecule has 0 fully saturated rings. The first-order valence-corrected chi connectivity index (χ1v) is 7.68. The van der Waals surface area contributed by atoms with Crippen molar-refractivity contribution in [2.45, 2.75) is 26.7 Å². The van der Waals surface area contributed by atoms with Gasteiger partial charge in [-0.1, -0.05) is 55.8 Å². The van der Waals surface area contributed by atoms with Gasteiger partial charge in [-0.2, -0.15) is 0 Å². The lowest BCUT2D eigenvalue weighted by molar-refractivity contribution is -0.111. The van der Waals surface area contributed by atoms with Gasteiger partial charge in [0.15, 0.2) is 0 Å². The molecule has 2 aromatic carbocycles. The van der Waals surface area contributed by atoms with E-state index < -0.39 is 0 Å². The summed E-state index contributed by atoms with van der Waals surface area (Å²) in [5, 5.41) is 3.45. The maximum atomic E-state index is 12.0. The monoisotopic (exact) mass is 313 g/mol. The van der Waals surface area contributed by atoms with Crippen LogP contribution in [0.1, 0.15) is 36.5 Å². The number of amides is 1. The van der Waals surface area contributed by atoms with Gasteiger partial charge in [0.1, 0.15) is 0 Å². The fourth-order valence-electron chi connectivity index (χ4n) is 2.07. The second-order valence-corrected chi connectivity index (χ2v) is 6.04. The molecule has 0 saturated carbocycles. The van der Waals surface area contributed by atoms with Crippen LogP contribution in [0.2, 0.25) is 5.02 Å². The molecule has 0 heterocycles. The normalized spacial score (nSPS) is 11.1. The average Bonchev–Trinajstić information content (AvgIpc) is 2.49. The summed E-state index contributed by atoms with van der Waals surface area (Å²) in [4.78, 5) is 12.0. The molecule has 0 aromatic heterocycles. The number of halogens is 1. The number of hydrogen-bond donors (Lipinski definition) is 1. The molecule has 3 heteroatoms. The number of nitrogens with one attached hydrogen (secondary N) is 1. The number of carbonyl (C=O) groups is 1. The molecule has 0 saturated heterocycles. The Morgan fingerprint density at radius 3 is 2.45 bits per heavy atom. The van der Waals surface area contributed by atoms with Crippen LogP contribution in [0.25, 0.3) is 6.08 Å². The summed E-state index contributed by atoms with van der Waals surface area (Å²) in [5.41, 5.74) is 4.00. The maximum Gasteiger partial charge on any atom is 0.248 e. The Bertz CT molecular complexity index is 687. The largest absolute Gasteiger partial charge is 0.322 e. The molecule has 2 rings (SSSR count). The molecular formula is C19H20ClNO. The fourth-order valence-corrected chi connectivity index (χ4v) is 2.24. The molecule has 0 bridgehead atoms. The average molecular weight is 314 g/mol. The smallest absolute Gasteiger partial charge is 0.248 e. The second-order valence-electron chi connectivity index (χ2n) is 5.60. The van der Waals surface area contributed by atoms with E-state index >= 15 is 0 Å². The van der Waals surface area contributed by atoms with Crippen molar-refractivity contribution >= 4 is 29.3 Å². The van der Waals surface area contributed by atoms with Gasteiger partial charge in [0.25, 0.3) is 0 Å². The van der Waals surface area contributed by atoms with E-state index in [0.717, 1.165) is 16.8 Å². The summed E-state index contributed by atoms with van der Waals surface area (Å²) in [7, 11) is 0. The van der Waals surface area contributed by atoms with Crippen LogP contribution in [0.15, 0.2) is 48.5 Å². The van der Waals surface area contributed by atoms with Crippen LogP contribution in [0, 0.1) is 6.92 Å². The first-order valence-electron chi connectivity index (χ1n) is 7.31. The van der Waals surface area contributed by atoms with Crippen molar-refractivity contribution in [1.29, 1.82) is 0 Å². The molecular weight excluding hydrogens is 294 g/mol. The summed E-state index contributed by atoms with van der Waals surface area (Å²) < 4.78 is 0. The minimum atomic E-state index is -0.168. The highest BCUT2D eigenvalue weighted by Crippen LogP contribution is 2.20. The summed E-state index contributed by atoms with van der Waals surface area (Å²) in [6, 6.07) is 13.6. The number of anilines is 1. The van der Waals surface area contributed by atoms with Crippen molar-refractivity contribution in [2.24, 2.45) is 0 Å². The predicted octanol–water partition coefficient (Wildman–Crippen LogP) is 5.42. The van der Waals surface area contributed by atoms with Gasteiger partial charge in [-0.25, -0.2) is 0 Å². The molecule has 0 radical (unpaired) electrons. The van der Waals surface area contributed by atoms with Crippen molar-refractivity contribution < 1.29 is 4.79 Å². The molecule has 0 atom stereocenters. The van der Waals surface area contributed by atoms with E-state index in [2.05, 4.69) is 31.3 Å². The first kappa shape index (κ1) is 16.3. The lowest BCUT2D eigenvalue weighted by Crippen LogP contribution is -2.08. The van der Waals surface area contributed by atoms with E-state index in [0.29, 0.717) is 10.9 Å². The van der Waals surface area contributed by atoms with Crippen molar-refractivity contribution in [3.8, 4) is 0 Å². The topological polar surface area (TPSA) is 29.1 Å². The van der Waals surface area contributed by atoms with Gasteiger partial charge in [0, 0.05) is 16.8 Å². The zero-order valence-electron chi connectivity index (χ0n) is 13.1. The molecule has 22 heavy (non-hydrogen) atoms. The molecule has 2 aromatic rings. The Kier molecular flexibility index (Phi) is 5.40. The predicted molar refractivity (Wildman–Crippen MR) is 94.4 cm³/mol. The Morgan fingerprint density at radius 2 is 1.82 bits per heavy atom. The molecule has 0 aliphatic heterocycles. The van der Waals surface area contributed by atoms with E-state index in [9.17, 15) is 4.79 Å². The van der Waals surface area contributed by atoms with Gasteiger partial charge >= 0.3 is 0 Å².